The van der Waals surface area contributed by atoms with E-state index in [9.17, 15) is 9.59 Å². The third kappa shape index (κ3) is 5.04. The number of carbonyl (C=O) groups excluding carboxylic acids is 2. The molecule has 0 aliphatic carbocycles. The predicted octanol–water partition coefficient (Wildman–Crippen LogP) is 3.15. The highest BCUT2D eigenvalue weighted by atomic mass is 16.5. The summed E-state index contributed by atoms with van der Waals surface area (Å²) in [5.41, 5.74) is 8.78. The van der Waals surface area contributed by atoms with E-state index in [2.05, 4.69) is 21.9 Å². The third-order valence-electron chi connectivity index (χ3n) is 4.10. The first-order valence-electron chi connectivity index (χ1n) is 8.86. The van der Waals surface area contributed by atoms with Crippen molar-refractivity contribution in [2.75, 3.05) is 0 Å². The minimum absolute atomic E-state index is 0.115. The molecule has 2 heterocycles. The lowest BCUT2D eigenvalue weighted by molar-refractivity contribution is -0.116. The van der Waals surface area contributed by atoms with E-state index in [1.54, 1.807) is 36.7 Å². The average Bonchev–Trinajstić information content (AvgIpc) is 2.73. The zero-order chi connectivity index (χ0) is 20.8. The summed E-state index contributed by atoms with van der Waals surface area (Å²) in [4.78, 5) is 31.8. The minimum atomic E-state index is -0.634. The van der Waals surface area contributed by atoms with E-state index in [-0.39, 0.29) is 17.4 Å². The van der Waals surface area contributed by atoms with Gasteiger partial charge in [-0.05, 0) is 48.9 Å². The van der Waals surface area contributed by atoms with E-state index in [0.717, 1.165) is 11.1 Å². The van der Waals surface area contributed by atoms with Gasteiger partial charge in [-0.15, -0.1) is 0 Å². The van der Waals surface area contributed by atoms with Crippen LogP contribution >= 0.6 is 0 Å². The fourth-order valence-electron chi connectivity index (χ4n) is 2.57. The van der Waals surface area contributed by atoms with Gasteiger partial charge < -0.3 is 15.8 Å². The summed E-state index contributed by atoms with van der Waals surface area (Å²) in [7, 11) is 0. The smallest absolute Gasteiger partial charge is 0.254 e. The van der Waals surface area contributed by atoms with Crippen molar-refractivity contribution in [3.8, 4) is 22.9 Å². The highest BCUT2D eigenvalue weighted by molar-refractivity contribution is 5.95. The summed E-state index contributed by atoms with van der Waals surface area (Å²) in [5.74, 6) is -0.246. The number of pyridine rings is 2. The number of hydrogen-bond donors (Lipinski definition) is 2. The van der Waals surface area contributed by atoms with Crippen LogP contribution in [0.3, 0.4) is 0 Å². The number of aryl methyl sites for hydroxylation is 1. The van der Waals surface area contributed by atoms with Gasteiger partial charge in [0.2, 0.25) is 11.8 Å². The quantitative estimate of drug-likeness (QED) is 0.605. The zero-order valence-electron chi connectivity index (χ0n) is 15.9. The Morgan fingerprint density at radius 1 is 1.17 bits per heavy atom. The van der Waals surface area contributed by atoms with Crippen molar-refractivity contribution in [3.63, 3.8) is 0 Å². The number of nitrogens with two attached hydrogens (primary N) is 1. The van der Waals surface area contributed by atoms with E-state index < -0.39 is 5.91 Å². The molecule has 0 saturated carbocycles. The Balaban J connectivity index is 1.92. The van der Waals surface area contributed by atoms with Crippen LogP contribution in [0.25, 0.3) is 11.3 Å². The number of carbonyl (C=O) groups is 2. The van der Waals surface area contributed by atoms with Gasteiger partial charge in [0.25, 0.3) is 5.91 Å². The van der Waals surface area contributed by atoms with Gasteiger partial charge >= 0.3 is 0 Å². The molecule has 0 aliphatic heterocycles. The van der Waals surface area contributed by atoms with Gasteiger partial charge in [-0.2, -0.15) is 0 Å². The number of amides is 2. The molecule has 7 nitrogen and oxygen atoms in total. The van der Waals surface area contributed by atoms with Crippen LogP contribution in [0.15, 0.2) is 67.5 Å². The molecule has 0 spiro atoms. The molecule has 1 aromatic carbocycles. The van der Waals surface area contributed by atoms with Gasteiger partial charge in [0, 0.05) is 24.5 Å². The molecule has 3 N–H and O–H groups in total. The number of ether oxygens (including phenoxy) is 1. The minimum Gasteiger partial charge on any atom is -0.438 e. The topological polar surface area (TPSA) is 107 Å². The molecule has 0 bridgehead atoms. The Morgan fingerprint density at radius 3 is 2.62 bits per heavy atom. The first kappa shape index (κ1) is 19.8. The molecule has 0 fully saturated rings. The van der Waals surface area contributed by atoms with Crippen LogP contribution in [0.5, 0.6) is 11.6 Å². The summed E-state index contributed by atoms with van der Waals surface area (Å²) >= 11 is 0. The number of rotatable bonds is 7. The summed E-state index contributed by atoms with van der Waals surface area (Å²) < 4.78 is 5.81. The molecule has 0 aliphatic rings. The van der Waals surface area contributed by atoms with E-state index in [4.69, 9.17) is 10.5 Å². The molecule has 0 unspecified atom stereocenters. The lowest BCUT2D eigenvalue weighted by Gasteiger charge is -2.11. The summed E-state index contributed by atoms with van der Waals surface area (Å²) in [6.07, 6.45) is 4.49. The second-order valence-electron chi connectivity index (χ2n) is 6.33. The molecule has 3 aromatic rings. The van der Waals surface area contributed by atoms with Crippen molar-refractivity contribution >= 4 is 11.8 Å². The second-order valence-corrected chi connectivity index (χ2v) is 6.33. The normalized spacial score (nSPS) is 10.2. The molecule has 7 heteroatoms. The van der Waals surface area contributed by atoms with E-state index in [0.29, 0.717) is 23.6 Å². The Hall–Kier alpha value is -4.00. The summed E-state index contributed by atoms with van der Waals surface area (Å²) in [5, 5.41) is 2.70. The van der Waals surface area contributed by atoms with Crippen molar-refractivity contribution in [2.45, 2.75) is 13.5 Å². The predicted molar refractivity (Wildman–Crippen MR) is 109 cm³/mol. The van der Waals surface area contributed by atoms with Crippen molar-refractivity contribution < 1.29 is 14.3 Å². The van der Waals surface area contributed by atoms with Gasteiger partial charge in [0.15, 0.2) is 0 Å². The summed E-state index contributed by atoms with van der Waals surface area (Å²) in [6.45, 7) is 5.69. The number of nitrogens with zero attached hydrogens (tertiary/aromatic N) is 2. The van der Waals surface area contributed by atoms with Gasteiger partial charge in [-0.1, -0.05) is 24.3 Å². The van der Waals surface area contributed by atoms with E-state index >= 15 is 0 Å². The Labute approximate surface area is 168 Å². The molecular weight excluding hydrogens is 368 g/mol. The number of nitrogens with one attached hydrogen (secondary N) is 1. The molecule has 2 amide bonds. The molecular formula is C22H20N4O3. The van der Waals surface area contributed by atoms with Crippen LogP contribution in [0.2, 0.25) is 0 Å². The van der Waals surface area contributed by atoms with Crippen LogP contribution in [0.4, 0.5) is 0 Å². The van der Waals surface area contributed by atoms with Gasteiger partial charge in [0.1, 0.15) is 11.3 Å². The highest BCUT2D eigenvalue weighted by Crippen LogP contribution is 2.27. The van der Waals surface area contributed by atoms with Crippen LogP contribution < -0.4 is 15.8 Å². The number of aromatic nitrogens is 2. The largest absolute Gasteiger partial charge is 0.438 e. The third-order valence-corrected chi connectivity index (χ3v) is 4.10. The molecule has 0 saturated heterocycles. The zero-order valence-corrected chi connectivity index (χ0v) is 15.9. The standard InChI is InChI=1S/C22H20N4O3/c1-3-20(27)25-12-15-10-16(13-24-11-15)19-9-8-18(21(23)28)22(26-19)29-17-6-4-14(2)5-7-17/h3-11,13H,1,12H2,2H3,(H2,23,28)(H,25,27). The number of hydrogen-bond acceptors (Lipinski definition) is 5. The van der Waals surface area contributed by atoms with Crippen LogP contribution in [-0.4, -0.2) is 21.8 Å². The maximum absolute atomic E-state index is 11.8. The molecule has 2 aromatic heterocycles. The van der Waals surface area contributed by atoms with Crippen molar-refractivity contribution in [1.82, 2.24) is 15.3 Å². The van der Waals surface area contributed by atoms with Crippen LogP contribution in [0, 0.1) is 6.92 Å². The Morgan fingerprint density at radius 2 is 1.93 bits per heavy atom. The Kier molecular flexibility index (Phi) is 5.99. The van der Waals surface area contributed by atoms with Crippen LogP contribution in [0.1, 0.15) is 21.5 Å². The monoisotopic (exact) mass is 388 g/mol. The maximum atomic E-state index is 11.8. The van der Waals surface area contributed by atoms with Gasteiger partial charge in [-0.3, -0.25) is 14.6 Å². The molecule has 146 valence electrons. The summed E-state index contributed by atoms with van der Waals surface area (Å²) in [6, 6.07) is 12.5. The van der Waals surface area contributed by atoms with Gasteiger partial charge in [-0.25, -0.2) is 4.98 Å². The lowest BCUT2D eigenvalue weighted by atomic mass is 10.1. The first-order valence-corrected chi connectivity index (χ1v) is 8.86. The van der Waals surface area contributed by atoms with E-state index in [1.165, 1.54) is 6.08 Å². The van der Waals surface area contributed by atoms with Gasteiger partial charge in [0.05, 0.1) is 5.69 Å². The highest BCUT2D eigenvalue weighted by Gasteiger charge is 2.14. The molecule has 0 radical (unpaired) electrons. The maximum Gasteiger partial charge on any atom is 0.254 e. The number of primary amides is 1. The van der Waals surface area contributed by atoms with Crippen LogP contribution in [-0.2, 0) is 11.3 Å². The number of benzene rings is 1. The fourth-order valence-corrected chi connectivity index (χ4v) is 2.57. The van der Waals surface area contributed by atoms with Crippen molar-refractivity contribution in [1.29, 1.82) is 0 Å². The second kappa shape index (κ2) is 8.79. The molecule has 29 heavy (non-hydrogen) atoms. The molecule has 3 rings (SSSR count). The first-order chi connectivity index (χ1) is 14.0. The lowest BCUT2D eigenvalue weighted by Crippen LogP contribution is -2.20. The average molecular weight is 388 g/mol. The molecule has 0 atom stereocenters. The fraction of sp³-hybridized carbons (Fsp3) is 0.0909. The van der Waals surface area contributed by atoms with Crippen molar-refractivity contribution in [3.05, 3.63) is 84.2 Å². The Bertz CT molecular complexity index is 1060. The van der Waals surface area contributed by atoms with E-state index in [1.807, 2.05) is 25.1 Å². The van der Waals surface area contributed by atoms with Crippen molar-refractivity contribution in [2.24, 2.45) is 5.73 Å². The SMILES string of the molecule is C=CC(=O)NCc1cncc(-c2ccc(C(N)=O)c(Oc3ccc(C)cc3)n2)c1.